The molecule has 0 aliphatic heterocycles. The van der Waals surface area contributed by atoms with Crippen molar-refractivity contribution in [3.63, 3.8) is 0 Å². The Kier molecular flexibility index (Phi) is 4.50. The van der Waals surface area contributed by atoms with Gasteiger partial charge in [0.1, 0.15) is 18.0 Å². The molecule has 2 aromatic carbocycles. The molecule has 1 atom stereocenters. The molecular formula is C18H18F2N4O. The minimum Gasteiger partial charge on any atom is -0.389 e. The van der Waals surface area contributed by atoms with Crippen LogP contribution < -0.4 is 5.32 Å². The third kappa shape index (κ3) is 3.66. The van der Waals surface area contributed by atoms with Crippen molar-refractivity contribution in [2.75, 3.05) is 5.32 Å². The van der Waals surface area contributed by atoms with Crippen LogP contribution in [0.25, 0.3) is 5.69 Å². The Labute approximate surface area is 144 Å². The number of anilines is 2. The summed E-state index contributed by atoms with van der Waals surface area (Å²) >= 11 is 0. The van der Waals surface area contributed by atoms with E-state index in [1.165, 1.54) is 23.1 Å². The maximum Gasteiger partial charge on any atom is 0.246 e. The minimum atomic E-state index is -0.684. The van der Waals surface area contributed by atoms with Crippen molar-refractivity contribution in [1.82, 2.24) is 14.8 Å². The number of aryl methyl sites for hydroxylation is 1. The third-order valence-electron chi connectivity index (χ3n) is 3.89. The van der Waals surface area contributed by atoms with Gasteiger partial charge in [0.25, 0.3) is 0 Å². The molecule has 0 saturated carbocycles. The molecular weight excluding hydrogens is 326 g/mol. The van der Waals surface area contributed by atoms with Gasteiger partial charge in [0.2, 0.25) is 5.95 Å². The van der Waals surface area contributed by atoms with E-state index in [2.05, 4.69) is 15.4 Å². The monoisotopic (exact) mass is 344 g/mol. The Morgan fingerprint density at radius 3 is 2.40 bits per heavy atom. The van der Waals surface area contributed by atoms with Crippen molar-refractivity contribution < 1.29 is 13.9 Å². The highest BCUT2D eigenvalue weighted by atomic mass is 19.1. The van der Waals surface area contributed by atoms with E-state index >= 15 is 0 Å². The van der Waals surface area contributed by atoms with E-state index in [0.717, 1.165) is 28.4 Å². The fourth-order valence-corrected chi connectivity index (χ4v) is 2.69. The molecule has 1 heterocycles. The van der Waals surface area contributed by atoms with Gasteiger partial charge in [-0.25, -0.2) is 13.5 Å². The molecule has 0 fully saturated rings. The molecule has 3 rings (SSSR count). The van der Waals surface area contributed by atoms with E-state index < -0.39 is 17.7 Å². The first-order valence-corrected chi connectivity index (χ1v) is 7.78. The first kappa shape index (κ1) is 17.0. The van der Waals surface area contributed by atoms with Crippen LogP contribution in [-0.4, -0.2) is 19.9 Å². The van der Waals surface area contributed by atoms with Crippen LogP contribution in [0, 0.1) is 25.5 Å². The van der Waals surface area contributed by atoms with Gasteiger partial charge >= 0.3 is 0 Å². The lowest BCUT2D eigenvalue weighted by molar-refractivity contribution is 0.198. The highest BCUT2D eigenvalue weighted by molar-refractivity contribution is 5.62. The van der Waals surface area contributed by atoms with E-state index in [-0.39, 0.29) is 11.6 Å². The average Bonchev–Trinajstić information content (AvgIpc) is 2.98. The van der Waals surface area contributed by atoms with Crippen LogP contribution in [0.5, 0.6) is 0 Å². The minimum absolute atomic E-state index is 0.240. The van der Waals surface area contributed by atoms with Crippen LogP contribution >= 0.6 is 0 Å². The Morgan fingerprint density at radius 2 is 1.76 bits per heavy atom. The SMILES string of the molecule is Cc1cc(Nc2ncn(-c3cc(F)cc(F)c3)n2)c(C)c(C(C)O)c1. The molecule has 1 unspecified atom stereocenters. The number of benzene rings is 2. The van der Waals surface area contributed by atoms with Crippen molar-refractivity contribution in [3.05, 3.63) is 65.0 Å². The first-order chi connectivity index (χ1) is 11.8. The number of hydrogen-bond donors (Lipinski definition) is 2. The van der Waals surface area contributed by atoms with Gasteiger partial charge in [-0.1, -0.05) is 6.07 Å². The van der Waals surface area contributed by atoms with Crippen molar-refractivity contribution in [3.8, 4) is 5.69 Å². The van der Waals surface area contributed by atoms with Crippen molar-refractivity contribution in [2.24, 2.45) is 0 Å². The molecule has 7 heteroatoms. The number of halogens is 2. The second-order valence-corrected chi connectivity index (χ2v) is 5.97. The third-order valence-corrected chi connectivity index (χ3v) is 3.89. The highest BCUT2D eigenvalue weighted by Crippen LogP contribution is 2.28. The summed E-state index contributed by atoms with van der Waals surface area (Å²) in [5, 5.41) is 17.2. The summed E-state index contributed by atoms with van der Waals surface area (Å²) in [6.07, 6.45) is 0.776. The van der Waals surface area contributed by atoms with Gasteiger partial charge in [0.05, 0.1) is 11.8 Å². The van der Waals surface area contributed by atoms with E-state index in [9.17, 15) is 13.9 Å². The second kappa shape index (κ2) is 6.60. The second-order valence-electron chi connectivity index (χ2n) is 5.97. The number of rotatable bonds is 4. The topological polar surface area (TPSA) is 63.0 Å². The molecule has 130 valence electrons. The molecule has 2 N–H and O–H groups in total. The maximum absolute atomic E-state index is 13.3. The maximum atomic E-state index is 13.3. The predicted octanol–water partition coefficient (Wildman–Crippen LogP) is 3.96. The van der Waals surface area contributed by atoms with Gasteiger partial charge in [-0.3, -0.25) is 0 Å². The standard InChI is InChI=1S/C18H18F2N4O/c1-10-4-16(12(3)25)11(2)17(5-10)22-18-21-9-24(23-18)15-7-13(19)6-14(20)8-15/h4-9,12,25H,1-3H3,(H,22,23). The van der Waals surface area contributed by atoms with E-state index in [1.54, 1.807) is 6.92 Å². The van der Waals surface area contributed by atoms with E-state index in [1.807, 2.05) is 26.0 Å². The molecule has 0 aliphatic rings. The van der Waals surface area contributed by atoms with Crippen LogP contribution in [-0.2, 0) is 0 Å². The number of nitrogens with one attached hydrogen (secondary N) is 1. The number of aromatic nitrogens is 3. The van der Waals surface area contributed by atoms with Gasteiger partial charge in [-0.05, 0) is 55.7 Å². The molecule has 0 amide bonds. The number of nitrogens with zero attached hydrogens (tertiary/aromatic N) is 3. The highest BCUT2D eigenvalue weighted by Gasteiger charge is 2.12. The first-order valence-electron chi connectivity index (χ1n) is 7.78. The Balaban J connectivity index is 1.92. The predicted molar refractivity (Wildman–Crippen MR) is 91.1 cm³/mol. The van der Waals surface area contributed by atoms with Crippen LogP contribution in [0.2, 0.25) is 0 Å². The Morgan fingerprint density at radius 1 is 1.08 bits per heavy atom. The average molecular weight is 344 g/mol. The molecule has 1 aromatic heterocycles. The van der Waals surface area contributed by atoms with Crippen molar-refractivity contribution in [2.45, 2.75) is 26.9 Å². The lowest BCUT2D eigenvalue weighted by Crippen LogP contribution is -2.03. The number of hydrogen-bond acceptors (Lipinski definition) is 4. The van der Waals surface area contributed by atoms with Gasteiger partial charge in [0, 0.05) is 11.8 Å². The normalized spacial score (nSPS) is 12.2. The van der Waals surface area contributed by atoms with E-state index in [4.69, 9.17) is 0 Å². The Hall–Kier alpha value is -2.80. The molecule has 5 nitrogen and oxygen atoms in total. The smallest absolute Gasteiger partial charge is 0.246 e. The van der Waals surface area contributed by atoms with Crippen molar-refractivity contribution in [1.29, 1.82) is 0 Å². The van der Waals surface area contributed by atoms with Gasteiger partial charge in [-0.2, -0.15) is 4.98 Å². The summed E-state index contributed by atoms with van der Waals surface area (Å²) in [7, 11) is 0. The fourth-order valence-electron chi connectivity index (χ4n) is 2.69. The molecule has 3 aromatic rings. The van der Waals surface area contributed by atoms with Crippen molar-refractivity contribution >= 4 is 11.6 Å². The molecule has 0 bridgehead atoms. The van der Waals surface area contributed by atoms with Crippen LogP contribution in [0.15, 0.2) is 36.7 Å². The lowest BCUT2D eigenvalue weighted by Gasteiger charge is -2.15. The summed E-state index contributed by atoms with van der Waals surface area (Å²) < 4.78 is 28.0. The summed E-state index contributed by atoms with van der Waals surface area (Å²) in [4.78, 5) is 4.13. The zero-order chi connectivity index (χ0) is 18.1. The molecule has 0 saturated heterocycles. The largest absolute Gasteiger partial charge is 0.389 e. The molecule has 0 radical (unpaired) electrons. The van der Waals surface area contributed by atoms with Crippen LogP contribution in [0.1, 0.15) is 29.7 Å². The summed E-state index contributed by atoms with van der Waals surface area (Å²) in [6, 6.07) is 6.99. The molecule has 0 aliphatic carbocycles. The molecule has 0 spiro atoms. The summed E-state index contributed by atoms with van der Waals surface area (Å²) in [5.74, 6) is -1.08. The molecule has 25 heavy (non-hydrogen) atoms. The summed E-state index contributed by atoms with van der Waals surface area (Å²) in [5.41, 5.74) is 3.68. The lowest BCUT2D eigenvalue weighted by atomic mass is 9.99. The number of aliphatic hydroxyl groups is 1. The Bertz CT molecular complexity index is 901. The van der Waals surface area contributed by atoms with Gasteiger partial charge in [0.15, 0.2) is 0 Å². The summed E-state index contributed by atoms with van der Waals surface area (Å²) in [6.45, 7) is 5.53. The van der Waals surface area contributed by atoms with E-state index in [0.29, 0.717) is 0 Å². The quantitative estimate of drug-likeness (QED) is 0.752. The zero-order valence-electron chi connectivity index (χ0n) is 14.1. The van der Waals surface area contributed by atoms with Crippen LogP contribution in [0.3, 0.4) is 0 Å². The van der Waals surface area contributed by atoms with Crippen LogP contribution in [0.4, 0.5) is 20.4 Å². The van der Waals surface area contributed by atoms with Gasteiger partial charge in [-0.15, -0.1) is 5.10 Å². The fraction of sp³-hybridized carbons (Fsp3) is 0.222. The zero-order valence-corrected chi connectivity index (χ0v) is 14.1. The van der Waals surface area contributed by atoms with Gasteiger partial charge < -0.3 is 10.4 Å². The number of aliphatic hydroxyl groups excluding tert-OH is 1.